The van der Waals surface area contributed by atoms with Crippen LogP contribution in [-0.4, -0.2) is 10.8 Å². The van der Waals surface area contributed by atoms with Gasteiger partial charge in [0.1, 0.15) is 17.6 Å². The van der Waals surface area contributed by atoms with Crippen molar-refractivity contribution in [1.29, 1.82) is 5.26 Å². The van der Waals surface area contributed by atoms with Crippen molar-refractivity contribution in [3.63, 3.8) is 0 Å². The number of rotatable bonds is 3. The first kappa shape index (κ1) is 14.3. The number of aryl methyl sites for hydroxylation is 2. The summed E-state index contributed by atoms with van der Waals surface area (Å²) in [6.07, 6.45) is 0. The number of benzene rings is 1. The molecule has 1 unspecified atom stereocenters. The number of hydrogen-bond acceptors (Lipinski definition) is 4. The van der Waals surface area contributed by atoms with E-state index in [2.05, 4.69) is 4.98 Å². The van der Waals surface area contributed by atoms with E-state index in [0.717, 1.165) is 12.1 Å². The average molecular weight is 292 g/mol. The summed E-state index contributed by atoms with van der Waals surface area (Å²) < 4.78 is 26.4. The molecule has 1 heterocycles. The van der Waals surface area contributed by atoms with Crippen LogP contribution >= 0.6 is 11.3 Å². The highest BCUT2D eigenvalue weighted by Gasteiger charge is 2.26. The van der Waals surface area contributed by atoms with Crippen LogP contribution in [0.1, 0.15) is 31.9 Å². The Balaban J connectivity index is 2.45. The summed E-state index contributed by atoms with van der Waals surface area (Å²) in [4.78, 5) is 16.8. The third-order valence-electron chi connectivity index (χ3n) is 2.74. The predicted molar refractivity (Wildman–Crippen MR) is 70.6 cm³/mol. The zero-order valence-corrected chi connectivity index (χ0v) is 11.6. The first-order chi connectivity index (χ1) is 9.42. The minimum Gasteiger partial charge on any atom is -0.291 e. The van der Waals surface area contributed by atoms with Gasteiger partial charge in [0.15, 0.2) is 5.78 Å². The summed E-state index contributed by atoms with van der Waals surface area (Å²) in [6.45, 7) is 3.41. The van der Waals surface area contributed by atoms with Crippen molar-refractivity contribution >= 4 is 17.1 Å². The molecule has 3 nitrogen and oxygen atoms in total. The monoisotopic (exact) mass is 292 g/mol. The summed E-state index contributed by atoms with van der Waals surface area (Å²) in [7, 11) is 0. The number of Topliss-reactive ketones (excluding diaryl/α,β-unsaturated/α-hetero) is 1. The van der Waals surface area contributed by atoms with Gasteiger partial charge in [-0.15, -0.1) is 11.3 Å². The lowest BCUT2D eigenvalue weighted by Crippen LogP contribution is -2.11. The van der Waals surface area contributed by atoms with Crippen LogP contribution in [0.15, 0.2) is 18.2 Å². The van der Waals surface area contributed by atoms with E-state index in [0.29, 0.717) is 21.6 Å². The van der Waals surface area contributed by atoms with Crippen LogP contribution in [-0.2, 0) is 0 Å². The van der Waals surface area contributed by atoms with E-state index in [4.69, 9.17) is 5.26 Å². The highest BCUT2D eigenvalue weighted by molar-refractivity contribution is 7.13. The van der Waals surface area contributed by atoms with Crippen molar-refractivity contribution in [3.05, 3.63) is 51.0 Å². The second-order valence-corrected chi connectivity index (χ2v) is 5.48. The number of halogens is 2. The number of hydrogen-bond donors (Lipinski definition) is 0. The molecular weight excluding hydrogens is 282 g/mol. The van der Waals surface area contributed by atoms with Gasteiger partial charge in [0.25, 0.3) is 0 Å². The Hall–Kier alpha value is -2.13. The van der Waals surface area contributed by atoms with E-state index in [-0.39, 0.29) is 5.56 Å². The lowest BCUT2D eigenvalue weighted by Gasteiger charge is -2.08. The lowest BCUT2D eigenvalue weighted by molar-refractivity contribution is 0.0982. The quantitative estimate of drug-likeness (QED) is 0.813. The molecule has 0 bridgehead atoms. The number of carbonyl (C=O) groups excluding carboxylic acids is 1. The van der Waals surface area contributed by atoms with Gasteiger partial charge in [-0.25, -0.2) is 13.8 Å². The van der Waals surface area contributed by atoms with Crippen molar-refractivity contribution in [2.45, 2.75) is 19.8 Å². The summed E-state index contributed by atoms with van der Waals surface area (Å²) in [6, 6.07) is 4.50. The van der Waals surface area contributed by atoms with Crippen LogP contribution in [0.5, 0.6) is 0 Å². The highest BCUT2D eigenvalue weighted by atomic mass is 32.1. The Labute approximate surface area is 118 Å². The number of nitrogens with zero attached hydrogens (tertiary/aromatic N) is 2. The molecule has 20 heavy (non-hydrogen) atoms. The molecule has 1 atom stereocenters. The van der Waals surface area contributed by atoms with Crippen LogP contribution in [0.25, 0.3) is 0 Å². The maximum atomic E-state index is 13.2. The van der Waals surface area contributed by atoms with Crippen LogP contribution in [0.4, 0.5) is 8.78 Å². The molecule has 0 N–H and O–H groups in total. The minimum atomic E-state index is -1.24. The largest absolute Gasteiger partial charge is 0.291 e. The molecule has 0 amide bonds. The number of ketones is 1. The molecule has 2 rings (SSSR count). The van der Waals surface area contributed by atoms with Gasteiger partial charge in [-0.05, 0) is 31.5 Å². The van der Waals surface area contributed by atoms with Crippen LogP contribution in [0, 0.1) is 36.8 Å². The van der Waals surface area contributed by atoms with E-state index in [1.54, 1.807) is 19.9 Å². The van der Waals surface area contributed by atoms with E-state index in [1.165, 1.54) is 11.3 Å². The molecule has 1 aromatic carbocycles. The first-order valence-corrected chi connectivity index (χ1v) is 6.58. The Morgan fingerprint density at radius 3 is 2.35 bits per heavy atom. The predicted octanol–water partition coefficient (Wildman–Crippen LogP) is 3.53. The van der Waals surface area contributed by atoms with Crippen molar-refractivity contribution < 1.29 is 13.6 Å². The van der Waals surface area contributed by atoms with E-state index < -0.39 is 23.3 Å². The average Bonchev–Trinajstić information content (AvgIpc) is 2.68. The van der Waals surface area contributed by atoms with Gasteiger partial charge in [-0.3, -0.25) is 4.79 Å². The van der Waals surface area contributed by atoms with E-state index in [9.17, 15) is 13.6 Å². The zero-order chi connectivity index (χ0) is 14.9. The fraction of sp³-hybridized carbons (Fsp3) is 0.214. The molecule has 0 aliphatic carbocycles. The maximum Gasteiger partial charge on any atom is 0.196 e. The molecule has 0 aliphatic rings. The fourth-order valence-electron chi connectivity index (χ4n) is 1.92. The molecule has 0 saturated carbocycles. The third kappa shape index (κ3) is 2.73. The molecular formula is C14H10F2N2OS. The molecule has 6 heteroatoms. The summed E-state index contributed by atoms with van der Waals surface area (Å²) in [5.41, 5.74) is 0.537. The van der Waals surface area contributed by atoms with Gasteiger partial charge < -0.3 is 0 Å². The molecule has 2 aromatic rings. The molecule has 102 valence electrons. The van der Waals surface area contributed by atoms with Gasteiger partial charge in [-0.1, -0.05) is 0 Å². The molecule has 0 radical (unpaired) electrons. The van der Waals surface area contributed by atoms with E-state index in [1.807, 2.05) is 0 Å². The first-order valence-electron chi connectivity index (χ1n) is 5.76. The van der Waals surface area contributed by atoms with Gasteiger partial charge >= 0.3 is 0 Å². The van der Waals surface area contributed by atoms with Crippen molar-refractivity contribution in [3.8, 4) is 6.07 Å². The zero-order valence-electron chi connectivity index (χ0n) is 10.8. The number of aromatic nitrogens is 1. The summed E-state index contributed by atoms with van der Waals surface area (Å²) in [5, 5.41) is 9.86. The van der Waals surface area contributed by atoms with Gasteiger partial charge in [-0.2, -0.15) is 5.26 Å². The SMILES string of the molecule is Cc1nc(C)c(C(=O)C(C#N)c2cc(F)cc(F)c2)s1. The number of thiazole rings is 1. The van der Waals surface area contributed by atoms with Crippen molar-refractivity contribution in [2.75, 3.05) is 0 Å². The van der Waals surface area contributed by atoms with Gasteiger partial charge in [0, 0.05) is 6.07 Å². The Kier molecular flexibility index (Phi) is 3.91. The maximum absolute atomic E-state index is 13.2. The minimum absolute atomic E-state index is 0.0143. The molecule has 0 aliphatic heterocycles. The second kappa shape index (κ2) is 5.47. The van der Waals surface area contributed by atoms with Crippen molar-refractivity contribution in [1.82, 2.24) is 4.98 Å². The standard InChI is InChI=1S/C14H10F2N2OS/c1-7-14(20-8(2)18-7)13(19)12(6-17)9-3-10(15)5-11(16)4-9/h3-5,12H,1-2H3. The molecule has 0 spiro atoms. The smallest absolute Gasteiger partial charge is 0.196 e. The molecule has 0 saturated heterocycles. The van der Waals surface area contributed by atoms with Crippen molar-refractivity contribution in [2.24, 2.45) is 0 Å². The topological polar surface area (TPSA) is 53.8 Å². The highest BCUT2D eigenvalue weighted by Crippen LogP contribution is 2.27. The lowest BCUT2D eigenvalue weighted by atomic mass is 9.94. The van der Waals surface area contributed by atoms with Gasteiger partial charge in [0.2, 0.25) is 0 Å². The van der Waals surface area contributed by atoms with E-state index >= 15 is 0 Å². The molecule has 0 fully saturated rings. The fourth-order valence-corrected chi connectivity index (χ4v) is 2.81. The van der Waals surface area contributed by atoms with Crippen LogP contribution < -0.4 is 0 Å². The van der Waals surface area contributed by atoms with Gasteiger partial charge in [0.05, 0.1) is 21.6 Å². The number of carbonyl (C=O) groups is 1. The van der Waals surface area contributed by atoms with Crippen LogP contribution in [0.2, 0.25) is 0 Å². The second-order valence-electron chi connectivity index (χ2n) is 4.28. The summed E-state index contributed by atoms with van der Waals surface area (Å²) in [5.74, 6) is -3.35. The normalized spacial score (nSPS) is 11.9. The Bertz CT molecular complexity index is 698. The third-order valence-corrected chi connectivity index (χ3v) is 3.82. The van der Waals surface area contributed by atoms with Crippen LogP contribution in [0.3, 0.4) is 0 Å². The summed E-state index contributed by atoms with van der Waals surface area (Å²) >= 11 is 1.17. The Morgan fingerprint density at radius 2 is 1.90 bits per heavy atom. The number of nitriles is 1. The Morgan fingerprint density at radius 1 is 1.30 bits per heavy atom. The molecule has 1 aromatic heterocycles.